The third-order valence-corrected chi connectivity index (χ3v) is 4.60. The molecule has 1 heterocycles. The first-order chi connectivity index (χ1) is 13.2. The van der Waals surface area contributed by atoms with Crippen molar-refractivity contribution in [1.29, 1.82) is 0 Å². The Kier molecular flexibility index (Phi) is 6.74. The molecule has 142 valence electrons. The fraction of sp³-hybridized carbons (Fsp3) is 0.286. The maximum absolute atomic E-state index is 6.26. The largest absolute Gasteiger partial charge is 0.494 e. The van der Waals surface area contributed by atoms with Crippen molar-refractivity contribution in [2.24, 2.45) is 0 Å². The highest BCUT2D eigenvalue weighted by molar-refractivity contribution is 6.31. The van der Waals surface area contributed by atoms with Crippen LogP contribution in [0.25, 0.3) is 11.3 Å². The first-order valence-electron chi connectivity index (χ1n) is 8.98. The van der Waals surface area contributed by atoms with Gasteiger partial charge in [0, 0.05) is 30.8 Å². The molecule has 27 heavy (non-hydrogen) atoms. The van der Waals surface area contributed by atoms with Crippen molar-refractivity contribution in [2.45, 2.75) is 20.0 Å². The number of methoxy groups -OCH3 is 1. The Morgan fingerprint density at radius 1 is 1.11 bits per heavy atom. The highest BCUT2D eigenvalue weighted by atomic mass is 35.5. The molecule has 0 aliphatic heterocycles. The van der Waals surface area contributed by atoms with Crippen LogP contribution in [0.15, 0.2) is 54.7 Å². The third kappa shape index (κ3) is 4.81. The van der Waals surface area contributed by atoms with E-state index in [0.29, 0.717) is 26.3 Å². The van der Waals surface area contributed by atoms with E-state index in [1.54, 1.807) is 7.11 Å². The highest BCUT2D eigenvalue weighted by Crippen LogP contribution is 2.26. The van der Waals surface area contributed by atoms with Crippen LogP contribution in [0.1, 0.15) is 12.5 Å². The van der Waals surface area contributed by atoms with Crippen LogP contribution in [0.4, 0.5) is 5.95 Å². The molecule has 3 aromatic rings. The van der Waals surface area contributed by atoms with Crippen LogP contribution in [0.3, 0.4) is 0 Å². The SMILES string of the molecule is CCOc1ccc(-c2cnc(NCc3ccccc3Cl)n2CCOC)cc1. The van der Waals surface area contributed by atoms with Crippen molar-refractivity contribution < 1.29 is 9.47 Å². The number of rotatable bonds is 9. The van der Waals surface area contributed by atoms with Gasteiger partial charge in [-0.05, 0) is 42.8 Å². The highest BCUT2D eigenvalue weighted by Gasteiger charge is 2.12. The van der Waals surface area contributed by atoms with E-state index >= 15 is 0 Å². The summed E-state index contributed by atoms with van der Waals surface area (Å²) in [5, 5.41) is 4.13. The zero-order valence-electron chi connectivity index (χ0n) is 15.6. The predicted molar refractivity (Wildman–Crippen MR) is 109 cm³/mol. The number of hydrogen-bond donors (Lipinski definition) is 1. The van der Waals surface area contributed by atoms with E-state index in [0.717, 1.165) is 33.5 Å². The molecule has 0 atom stereocenters. The summed E-state index contributed by atoms with van der Waals surface area (Å²) in [6.45, 7) is 4.53. The number of imidazole rings is 1. The standard InChI is InChI=1S/C21H24ClN3O2/c1-3-27-18-10-8-16(9-11-18)20-15-24-21(25(20)12-13-26-2)23-14-17-6-4-5-7-19(17)22/h4-11,15H,3,12-14H2,1-2H3,(H,23,24). The number of halogens is 1. The molecule has 0 radical (unpaired) electrons. The van der Waals surface area contributed by atoms with Crippen molar-refractivity contribution in [1.82, 2.24) is 9.55 Å². The Bertz CT molecular complexity index is 862. The summed E-state index contributed by atoms with van der Waals surface area (Å²) in [5.41, 5.74) is 3.13. The van der Waals surface area contributed by atoms with Crippen LogP contribution < -0.4 is 10.1 Å². The van der Waals surface area contributed by atoms with Crippen molar-refractivity contribution >= 4 is 17.5 Å². The number of hydrogen-bond acceptors (Lipinski definition) is 4. The zero-order chi connectivity index (χ0) is 19.1. The van der Waals surface area contributed by atoms with Gasteiger partial charge in [0.05, 0.1) is 25.1 Å². The number of benzene rings is 2. The Balaban J connectivity index is 1.83. The molecule has 0 unspecified atom stereocenters. The van der Waals surface area contributed by atoms with Crippen LogP contribution in [0.5, 0.6) is 5.75 Å². The lowest BCUT2D eigenvalue weighted by molar-refractivity contribution is 0.188. The second-order valence-corrected chi connectivity index (χ2v) is 6.42. The van der Waals surface area contributed by atoms with Gasteiger partial charge in [-0.15, -0.1) is 0 Å². The van der Waals surface area contributed by atoms with Gasteiger partial charge in [-0.2, -0.15) is 0 Å². The molecular weight excluding hydrogens is 362 g/mol. The molecule has 3 rings (SSSR count). The van der Waals surface area contributed by atoms with E-state index in [4.69, 9.17) is 21.1 Å². The maximum atomic E-state index is 6.26. The van der Waals surface area contributed by atoms with E-state index in [1.807, 2.05) is 61.7 Å². The molecule has 0 spiro atoms. The third-order valence-electron chi connectivity index (χ3n) is 4.23. The van der Waals surface area contributed by atoms with Gasteiger partial charge in [-0.1, -0.05) is 29.8 Å². The van der Waals surface area contributed by atoms with Gasteiger partial charge in [0.2, 0.25) is 5.95 Å². The van der Waals surface area contributed by atoms with Gasteiger partial charge in [0.1, 0.15) is 5.75 Å². The molecule has 0 saturated carbocycles. The van der Waals surface area contributed by atoms with Gasteiger partial charge < -0.3 is 19.4 Å². The van der Waals surface area contributed by atoms with E-state index in [2.05, 4.69) is 14.9 Å². The first-order valence-corrected chi connectivity index (χ1v) is 9.35. The number of ether oxygens (including phenoxy) is 2. The molecule has 0 fully saturated rings. The minimum Gasteiger partial charge on any atom is -0.494 e. The average Bonchev–Trinajstić information content (AvgIpc) is 3.09. The minimum absolute atomic E-state index is 0.598. The van der Waals surface area contributed by atoms with Crippen molar-refractivity contribution in [3.05, 3.63) is 65.3 Å². The molecule has 0 bridgehead atoms. The van der Waals surface area contributed by atoms with Gasteiger partial charge in [-0.3, -0.25) is 0 Å². The van der Waals surface area contributed by atoms with Crippen molar-refractivity contribution in [3.63, 3.8) is 0 Å². The molecule has 0 aliphatic rings. The lowest BCUT2D eigenvalue weighted by atomic mass is 10.1. The van der Waals surface area contributed by atoms with Crippen LogP contribution in [-0.4, -0.2) is 29.9 Å². The predicted octanol–water partition coefficient (Wildman–Crippen LogP) is 4.86. The Morgan fingerprint density at radius 3 is 2.59 bits per heavy atom. The second-order valence-electron chi connectivity index (χ2n) is 6.01. The molecule has 0 saturated heterocycles. The molecule has 1 aromatic heterocycles. The van der Waals surface area contributed by atoms with E-state index in [9.17, 15) is 0 Å². The van der Waals surface area contributed by atoms with Crippen LogP contribution in [-0.2, 0) is 17.8 Å². The topological polar surface area (TPSA) is 48.3 Å². The summed E-state index contributed by atoms with van der Waals surface area (Å²) >= 11 is 6.26. The molecule has 2 aromatic carbocycles. The summed E-state index contributed by atoms with van der Waals surface area (Å²) < 4.78 is 12.9. The van der Waals surface area contributed by atoms with E-state index in [-0.39, 0.29) is 0 Å². The average molecular weight is 386 g/mol. The lowest BCUT2D eigenvalue weighted by Crippen LogP contribution is -2.11. The molecule has 0 aliphatic carbocycles. The molecule has 5 nitrogen and oxygen atoms in total. The maximum Gasteiger partial charge on any atom is 0.203 e. The Morgan fingerprint density at radius 2 is 1.89 bits per heavy atom. The minimum atomic E-state index is 0.598. The number of nitrogens with one attached hydrogen (secondary N) is 1. The molecular formula is C21H24ClN3O2. The Labute approximate surface area is 164 Å². The second kappa shape index (κ2) is 9.44. The fourth-order valence-electron chi connectivity index (χ4n) is 2.86. The fourth-order valence-corrected chi connectivity index (χ4v) is 3.06. The lowest BCUT2D eigenvalue weighted by Gasteiger charge is -2.14. The number of aromatic nitrogens is 2. The van der Waals surface area contributed by atoms with Gasteiger partial charge in [0.15, 0.2) is 0 Å². The van der Waals surface area contributed by atoms with Crippen LogP contribution in [0.2, 0.25) is 5.02 Å². The molecule has 0 amide bonds. The normalized spacial score (nSPS) is 10.8. The van der Waals surface area contributed by atoms with E-state index < -0.39 is 0 Å². The van der Waals surface area contributed by atoms with E-state index in [1.165, 1.54) is 0 Å². The number of anilines is 1. The van der Waals surface area contributed by atoms with Crippen LogP contribution >= 0.6 is 11.6 Å². The van der Waals surface area contributed by atoms with Gasteiger partial charge in [-0.25, -0.2) is 4.98 Å². The Hall–Kier alpha value is -2.50. The quantitative estimate of drug-likeness (QED) is 0.571. The summed E-state index contributed by atoms with van der Waals surface area (Å²) in [4.78, 5) is 4.57. The van der Waals surface area contributed by atoms with Crippen molar-refractivity contribution in [2.75, 3.05) is 25.6 Å². The van der Waals surface area contributed by atoms with Gasteiger partial charge in [0.25, 0.3) is 0 Å². The van der Waals surface area contributed by atoms with Crippen molar-refractivity contribution in [3.8, 4) is 17.0 Å². The summed E-state index contributed by atoms with van der Waals surface area (Å²) in [6.07, 6.45) is 1.88. The molecule has 6 heteroatoms. The van der Waals surface area contributed by atoms with Gasteiger partial charge >= 0.3 is 0 Å². The molecule has 1 N–H and O–H groups in total. The first kappa shape index (κ1) is 19.3. The number of nitrogens with zero attached hydrogens (tertiary/aromatic N) is 2. The summed E-state index contributed by atoms with van der Waals surface area (Å²) in [5.74, 6) is 1.65. The summed E-state index contributed by atoms with van der Waals surface area (Å²) in [7, 11) is 1.70. The smallest absolute Gasteiger partial charge is 0.203 e. The van der Waals surface area contributed by atoms with Crippen LogP contribution in [0, 0.1) is 0 Å². The monoisotopic (exact) mass is 385 g/mol. The zero-order valence-corrected chi connectivity index (χ0v) is 16.4. The summed E-state index contributed by atoms with van der Waals surface area (Å²) in [6, 6.07) is 15.8.